The van der Waals surface area contributed by atoms with E-state index in [0.717, 1.165) is 12.1 Å². The summed E-state index contributed by atoms with van der Waals surface area (Å²) >= 11 is 0. The van der Waals surface area contributed by atoms with Crippen molar-refractivity contribution in [1.82, 2.24) is 0 Å². The first-order chi connectivity index (χ1) is 15.5. The second-order valence-electron chi connectivity index (χ2n) is 5.96. The zero-order valence-electron chi connectivity index (χ0n) is 17.6. The lowest BCUT2D eigenvalue weighted by atomic mass is 10.2. The number of non-ortho nitro benzene ring substituents is 1. The Morgan fingerprint density at radius 3 is 1.91 bits per heavy atom. The topological polar surface area (TPSA) is 162 Å². The van der Waals surface area contributed by atoms with Crippen molar-refractivity contribution in [2.75, 3.05) is 71.3 Å². The van der Waals surface area contributed by atoms with E-state index in [4.69, 9.17) is 23.7 Å². The number of rotatable bonds is 19. The van der Waals surface area contributed by atoms with Gasteiger partial charge in [-0.2, -0.15) is 0 Å². The molecule has 0 saturated heterocycles. The standard InChI is InChI=1S/C19H27N3O10/c1-2-19(23)32-14-13-31-12-11-30-10-9-29-8-7-28-6-5-20-17-4-3-16(21(24)25)15-18(17)22(26)27/h2-4,15,20H,1,5-14H2. The number of hydrogen-bond donors (Lipinski definition) is 1. The molecule has 0 aliphatic rings. The zero-order chi connectivity index (χ0) is 23.6. The van der Waals surface area contributed by atoms with Gasteiger partial charge in [0.2, 0.25) is 0 Å². The molecule has 1 rings (SSSR count). The van der Waals surface area contributed by atoms with Gasteiger partial charge in [-0.3, -0.25) is 20.2 Å². The second kappa shape index (κ2) is 16.5. The number of nitrogens with zero attached hydrogens (tertiary/aromatic N) is 2. The number of hydrogen-bond acceptors (Lipinski definition) is 11. The van der Waals surface area contributed by atoms with Crippen LogP contribution in [0.1, 0.15) is 0 Å². The molecule has 32 heavy (non-hydrogen) atoms. The highest BCUT2D eigenvalue weighted by molar-refractivity contribution is 5.81. The van der Waals surface area contributed by atoms with E-state index in [1.165, 1.54) is 12.1 Å². The molecule has 1 aromatic carbocycles. The van der Waals surface area contributed by atoms with E-state index in [1.54, 1.807) is 0 Å². The van der Waals surface area contributed by atoms with E-state index >= 15 is 0 Å². The van der Waals surface area contributed by atoms with E-state index in [-0.39, 0.29) is 43.4 Å². The molecule has 0 aromatic heterocycles. The van der Waals surface area contributed by atoms with Crippen LogP contribution in [0.5, 0.6) is 0 Å². The SMILES string of the molecule is C=CC(=O)OCCOCCOCCOCCOCCNc1ccc([N+](=O)[O-])cc1[N+](=O)[O-]. The fourth-order valence-corrected chi connectivity index (χ4v) is 2.21. The monoisotopic (exact) mass is 457 g/mol. The van der Waals surface area contributed by atoms with Crippen LogP contribution in [0.2, 0.25) is 0 Å². The number of esters is 1. The summed E-state index contributed by atoms with van der Waals surface area (Å²) in [4.78, 5) is 31.2. The van der Waals surface area contributed by atoms with Crippen molar-refractivity contribution in [2.24, 2.45) is 0 Å². The van der Waals surface area contributed by atoms with Gasteiger partial charge in [0, 0.05) is 18.7 Å². The Bertz CT molecular complexity index is 744. The van der Waals surface area contributed by atoms with Crippen LogP contribution in [0.4, 0.5) is 17.1 Å². The van der Waals surface area contributed by atoms with Gasteiger partial charge in [-0.1, -0.05) is 6.58 Å². The number of carbonyl (C=O) groups is 1. The van der Waals surface area contributed by atoms with Gasteiger partial charge in [-0.15, -0.1) is 0 Å². The third-order valence-corrected chi connectivity index (χ3v) is 3.71. The van der Waals surface area contributed by atoms with Gasteiger partial charge in [0.05, 0.1) is 68.8 Å². The first-order valence-corrected chi connectivity index (χ1v) is 9.72. The quantitative estimate of drug-likeness (QED) is 0.106. The van der Waals surface area contributed by atoms with Gasteiger partial charge in [0.1, 0.15) is 12.3 Å². The summed E-state index contributed by atoms with van der Waals surface area (Å²) in [5, 5.41) is 24.6. The lowest BCUT2D eigenvalue weighted by Crippen LogP contribution is -2.15. The van der Waals surface area contributed by atoms with Crippen molar-refractivity contribution in [3.63, 3.8) is 0 Å². The molecule has 178 valence electrons. The summed E-state index contributed by atoms with van der Waals surface area (Å²) in [7, 11) is 0. The van der Waals surface area contributed by atoms with Crippen LogP contribution < -0.4 is 5.32 Å². The number of benzene rings is 1. The number of nitro groups is 2. The number of anilines is 1. The summed E-state index contributed by atoms with van der Waals surface area (Å²) in [5.41, 5.74) is -0.540. The number of carbonyl (C=O) groups excluding carboxylic acids is 1. The summed E-state index contributed by atoms with van der Waals surface area (Å²) < 4.78 is 26.0. The highest BCUT2D eigenvalue weighted by Gasteiger charge is 2.18. The molecule has 0 bridgehead atoms. The van der Waals surface area contributed by atoms with Crippen molar-refractivity contribution in [2.45, 2.75) is 0 Å². The van der Waals surface area contributed by atoms with Crippen molar-refractivity contribution < 1.29 is 38.3 Å². The molecule has 0 heterocycles. The molecule has 0 atom stereocenters. The smallest absolute Gasteiger partial charge is 0.330 e. The Labute approximate surface area is 184 Å². The number of nitro benzene ring substituents is 2. The van der Waals surface area contributed by atoms with E-state index in [2.05, 4.69) is 11.9 Å². The summed E-state index contributed by atoms with van der Waals surface area (Å²) in [6.45, 7) is 6.49. The summed E-state index contributed by atoms with van der Waals surface area (Å²) in [6, 6.07) is 3.40. The van der Waals surface area contributed by atoms with Crippen molar-refractivity contribution in [1.29, 1.82) is 0 Å². The average Bonchev–Trinajstić information content (AvgIpc) is 2.78. The van der Waals surface area contributed by atoms with E-state index in [0.29, 0.717) is 39.6 Å². The van der Waals surface area contributed by atoms with Crippen LogP contribution in [-0.2, 0) is 28.5 Å². The second-order valence-corrected chi connectivity index (χ2v) is 5.96. The van der Waals surface area contributed by atoms with Crippen molar-refractivity contribution >= 4 is 23.0 Å². The molecule has 0 aliphatic carbocycles. The Hall–Kier alpha value is -3.13. The molecular formula is C19H27N3O10. The van der Waals surface area contributed by atoms with Gasteiger partial charge in [0.15, 0.2) is 0 Å². The minimum absolute atomic E-state index is 0.161. The molecule has 0 saturated carbocycles. The lowest BCUT2D eigenvalue weighted by Gasteiger charge is -2.09. The Morgan fingerprint density at radius 1 is 0.875 bits per heavy atom. The minimum Gasteiger partial charge on any atom is -0.460 e. The van der Waals surface area contributed by atoms with Gasteiger partial charge in [-0.05, 0) is 6.07 Å². The third-order valence-electron chi connectivity index (χ3n) is 3.71. The first-order valence-electron chi connectivity index (χ1n) is 9.72. The van der Waals surface area contributed by atoms with E-state index < -0.39 is 15.8 Å². The molecule has 0 unspecified atom stereocenters. The molecule has 1 N–H and O–H groups in total. The Kier molecular flexibility index (Phi) is 13.9. The van der Waals surface area contributed by atoms with E-state index in [9.17, 15) is 25.0 Å². The summed E-state index contributed by atoms with van der Waals surface area (Å²) in [5.74, 6) is -0.490. The van der Waals surface area contributed by atoms with Gasteiger partial charge in [0.25, 0.3) is 11.4 Å². The highest BCUT2D eigenvalue weighted by Crippen LogP contribution is 2.28. The van der Waals surface area contributed by atoms with Gasteiger partial charge < -0.3 is 29.0 Å². The van der Waals surface area contributed by atoms with Crippen molar-refractivity contribution in [3.8, 4) is 0 Å². The molecule has 1 aromatic rings. The van der Waals surface area contributed by atoms with Crippen LogP contribution in [0.25, 0.3) is 0 Å². The molecule has 0 radical (unpaired) electrons. The van der Waals surface area contributed by atoms with Gasteiger partial charge >= 0.3 is 5.97 Å². The first kappa shape index (κ1) is 26.9. The maximum absolute atomic E-state index is 11.0. The molecule has 13 nitrogen and oxygen atoms in total. The lowest BCUT2D eigenvalue weighted by molar-refractivity contribution is -0.393. The van der Waals surface area contributed by atoms with Crippen LogP contribution in [0.3, 0.4) is 0 Å². The predicted octanol–water partition coefficient (Wildman–Crippen LogP) is 1.71. The maximum atomic E-state index is 11.0. The zero-order valence-corrected chi connectivity index (χ0v) is 17.6. The molecule has 0 amide bonds. The largest absolute Gasteiger partial charge is 0.460 e. The van der Waals surface area contributed by atoms with E-state index in [1.807, 2.05) is 0 Å². The number of ether oxygens (including phenoxy) is 5. The van der Waals surface area contributed by atoms with Crippen LogP contribution in [0, 0.1) is 20.2 Å². The fraction of sp³-hybridized carbons (Fsp3) is 0.526. The predicted molar refractivity (Wildman–Crippen MR) is 113 cm³/mol. The summed E-state index contributed by atoms with van der Waals surface area (Å²) in [6.07, 6.45) is 1.08. The maximum Gasteiger partial charge on any atom is 0.330 e. The van der Waals surface area contributed by atoms with Gasteiger partial charge in [-0.25, -0.2) is 4.79 Å². The molecule has 13 heteroatoms. The molecule has 0 aliphatic heterocycles. The Morgan fingerprint density at radius 2 is 1.41 bits per heavy atom. The highest BCUT2D eigenvalue weighted by atomic mass is 16.6. The molecule has 0 fully saturated rings. The van der Waals surface area contributed by atoms with Crippen LogP contribution in [-0.4, -0.2) is 81.8 Å². The Balaban J connectivity index is 1.97. The normalized spacial score (nSPS) is 10.5. The van der Waals surface area contributed by atoms with Crippen LogP contribution >= 0.6 is 0 Å². The molecule has 0 spiro atoms. The van der Waals surface area contributed by atoms with Crippen molar-refractivity contribution in [3.05, 3.63) is 51.1 Å². The minimum atomic E-state index is -0.689. The van der Waals surface area contributed by atoms with Crippen LogP contribution in [0.15, 0.2) is 30.9 Å². The fourth-order valence-electron chi connectivity index (χ4n) is 2.21. The number of nitrogens with one attached hydrogen (secondary N) is 1. The average molecular weight is 457 g/mol. The third kappa shape index (κ3) is 11.9. The molecular weight excluding hydrogens is 430 g/mol.